The van der Waals surface area contributed by atoms with Crippen molar-refractivity contribution in [1.82, 2.24) is 4.31 Å². The normalized spacial score (nSPS) is 18.9. The second-order valence-corrected chi connectivity index (χ2v) is 9.97. The van der Waals surface area contributed by atoms with Gasteiger partial charge in [0.25, 0.3) is 0 Å². The monoisotopic (exact) mass is 415 g/mol. The first kappa shape index (κ1) is 22.1. The maximum absolute atomic E-state index is 13.0. The number of halogens is 1. The zero-order valence-electron chi connectivity index (χ0n) is 16.1. The van der Waals surface area contributed by atoms with Crippen molar-refractivity contribution in [3.05, 3.63) is 23.8 Å². The average molecular weight is 416 g/mol. The van der Waals surface area contributed by atoms with Crippen molar-refractivity contribution in [3.63, 3.8) is 0 Å². The summed E-state index contributed by atoms with van der Waals surface area (Å²) in [6.45, 7) is 1.15. The van der Waals surface area contributed by atoms with Crippen molar-refractivity contribution in [2.24, 2.45) is 11.1 Å². The van der Waals surface area contributed by atoms with Crippen molar-refractivity contribution in [2.75, 3.05) is 32.1 Å². The van der Waals surface area contributed by atoms with Gasteiger partial charge in [-0.1, -0.05) is 25.3 Å². The summed E-state index contributed by atoms with van der Waals surface area (Å²) in [5, 5.41) is 0. The van der Waals surface area contributed by atoms with Gasteiger partial charge in [0.1, 0.15) is 0 Å². The number of benzene rings is 1. The summed E-state index contributed by atoms with van der Waals surface area (Å²) in [5.74, 6) is 0.0653. The highest BCUT2D eigenvalue weighted by Crippen LogP contribution is 2.40. The summed E-state index contributed by atoms with van der Waals surface area (Å²) < 4.78 is 26.1. The van der Waals surface area contributed by atoms with Crippen LogP contribution in [-0.4, -0.2) is 45.8 Å². The third-order valence-corrected chi connectivity index (χ3v) is 7.72. The van der Waals surface area contributed by atoms with Gasteiger partial charge in [-0.05, 0) is 48.9 Å². The minimum absolute atomic E-state index is 0. The lowest BCUT2D eigenvalue weighted by atomic mass is 9.71. The van der Waals surface area contributed by atoms with E-state index in [0.717, 1.165) is 43.4 Å². The van der Waals surface area contributed by atoms with Crippen molar-refractivity contribution in [3.8, 4) is 0 Å². The molecule has 1 aliphatic heterocycles. The molecule has 2 N–H and O–H groups in total. The zero-order valence-corrected chi connectivity index (χ0v) is 17.7. The minimum atomic E-state index is -3.52. The SMILES string of the molecule is CN(C)S(=O)(=O)c1ccc2c(c1)N(C(=O)CC1(CN)CCCCC1)CC2.Cl. The van der Waals surface area contributed by atoms with Crippen molar-refractivity contribution in [1.29, 1.82) is 0 Å². The molecule has 27 heavy (non-hydrogen) atoms. The third-order valence-electron chi connectivity index (χ3n) is 5.91. The number of amides is 1. The number of carbonyl (C=O) groups is 1. The summed E-state index contributed by atoms with van der Waals surface area (Å²) in [5.41, 5.74) is 7.71. The molecule has 1 aliphatic carbocycles. The fraction of sp³-hybridized carbons (Fsp3) is 0.632. The molecule has 0 bridgehead atoms. The topological polar surface area (TPSA) is 83.7 Å². The highest BCUT2D eigenvalue weighted by Gasteiger charge is 2.36. The van der Waals surface area contributed by atoms with E-state index in [0.29, 0.717) is 19.5 Å². The molecule has 0 saturated heterocycles. The first-order valence-corrected chi connectivity index (χ1v) is 10.8. The van der Waals surface area contributed by atoms with Crippen LogP contribution in [0.3, 0.4) is 0 Å². The Labute approximate surface area is 168 Å². The highest BCUT2D eigenvalue weighted by atomic mass is 35.5. The van der Waals surface area contributed by atoms with Crippen LogP contribution in [0.25, 0.3) is 0 Å². The molecule has 1 aromatic carbocycles. The summed E-state index contributed by atoms with van der Waals surface area (Å²) in [6, 6.07) is 5.11. The molecular weight excluding hydrogens is 386 g/mol. The molecule has 3 rings (SSSR count). The predicted octanol–water partition coefficient (Wildman–Crippen LogP) is 2.55. The van der Waals surface area contributed by atoms with Gasteiger partial charge in [0, 0.05) is 32.7 Å². The summed E-state index contributed by atoms with van der Waals surface area (Å²) >= 11 is 0. The molecule has 0 unspecified atom stereocenters. The van der Waals surface area contributed by atoms with Crippen LogP contribution in [0.15, 0.2) is 23.1 Å². The average Bonchev–Trinajstić information content (AvgIpc) is 3.05. The number of nitrogens with two attached hydrogens (primary N) is 1. The first-order chi connectivity index (χ1) is 12.3. The van der Waals surface area contributed by atoms with E-state index < -0.39 is 10.0 Å². The van der Waals surface area contributed by atoms with E-state index in [1.807, 2.05) is 6.07 Å². The lowest BCUT2D eigenvalue weighted by Crippen LogP contribution is -2.40. The Balaban J connectivity index is 0.00000261. The molecule has 6 nitrogen and oxygen atoms in total. The molecule has 8 heteroatoms. The molecule has 2 aliphatic rings. The van der Waals surface area contributed by atoms with E-state index in [4.69, 9.17) is 5.73 Å². The van der Waals surface area contributed by atoms with Crippen LogP contribution in [0.1, 0.15) is 44.1 Å². The predicted molar refractivity (Wildman–Crippen MR) is 110 cm³/mol. The number of fused-ring (bicyclic) bond motifs is 1. The third kappa shape index (κ3) is 4.31. The minimum Gasteiger partial charge on any atom is -0.330 e. The highest BCUT2D eigenvalue weighted by molar-refractivity contribution is 7.89. The second-order valence-electron chi connectivity index (χ2n) is 7.81. The van der Waals surface area contributed by atoms with Gasteiger partial charge in [0.05, 0.1) is 4.90 Å². The van der Waals surface area contributed by atoms with Gasteiger partial charge in [-0.2, -0.15) is 0 Å². The van der Waals surface area contributed by atoms with Gasteiger partial charge in [-0.3, -0.25) is 4.79 Å². The number of carbonyl (C=O) groups excluding carboxylic acids is 1. The van der Waals surface area contributed by atoms with Gasteiger partial charge >= 0.3 is 0 Å². The zero-order chi connectivity index (χ0) is 18.9. The van der Waals surface area contributed by atoms with Gasteiger partial charge in [0.2, 0.25) is 15.9 Å². The van der Waals surface area contributed by atoms with Gasteiger partial charge in [-0.25, -0.2) is 12.7 Å². The number of anilines is 1. The number of hydrogen-bond acceptors (Lipinski definition) is 4. The smallest absolute Gasteiger partial charge is 0.242 e. The van der Waals surface area contributed by atoms with E-state index in [-0.39, 0.29) is 28.6 Å². The van der Waals surface area contributed by atoms with Crippen LogP contribution in [0.4, 0.5) is 5.69 Å². The fourth-order valence-corrected chi connectivity index (χ4v) is 5.08. The Kier molecular flexibility index (Phi) is 6.95. The van der Waals surface area contributed by atoms with Gasteiger partial charge < -0.3 is 10.6 Å². The summed E-state index contributed by atoms with van der Waals surface area (Å²) in [6.07, 6.45) is 6.70. The Morgan fingerprint density at radius 2 is 1.89 bits per heavy atom. The molecule has 0 atom stereocenters. The van der Waals surface area contributed by atoms with E-state index in [1.165, 1.54) is 24.8 Å². The van der Waals surface area contributed by atoms with Crippen LogP contribution in [0, 0.1) is 5.41 Å². The maximum Gasteiger partial charge on any atom is 0.242 e. The van der Waals surface area contributed by atoms with Crippen LogP contribution in [0.5, 0.6) is 0 Å². The summed E-state index contributed by atoms with van der Waals surface area (Å²) in [7, 11) is -0.489. The number of hydrogen-bond donors (Lipinski definition) is 1. The largest absolute Gasteiger partial charge is 0.330 e. The molecule has 0 spiro atoms. The molecule has 1 saturated carbocycles. The molecule has 152 valence electrons. The molecule has 1 amide bonds. The van der Waals surface area contributed by atoms with Crippen molar-refractivity contribution >= 4 is 34.0 Å². The Morgan fingerprint density at radius 3 is 2.48 bits per heavy atom. The van der Waals surface area contributed by atoms with E-state index in [2.05, 4.69) is 0 Å². The van der Waals surface area contributed by atoms with Crippen LogP contribution in [-0.2, 0) is 21.2 Å². The standard InChI is InChI=1S/C19H29N3O3S.ClH/c1-21(2)26(24,25)16-7-6-15-8-11-22(17(15)12-16)18(23)13-19(14-20)9-4-3-5-10-19;/h6-7,12H,3-5,8-11,13-14,20H2,1-2H3;1H. The van der Waals surface area contributed by atoms with Crippen LogP contribution < -0.4 is 10.6 Å². The Morgan fingerprint density at radius 1 is 1.22 bits per heavy atom. The van der Waals surface area contributed by atoms with Crippen LogP contribution in [0.2, 0.25) is 0 Å². The first-order valence-electron chi connectivity index (χ1n) is 9.35. The number of sulfonamides is 1. The van der Waals surface area contributed by atoms with Crippen LogP contribution >= 0.6 is 12.4 Å². The van der Waals surface area contributed by atoms with Crippen molar-refractivity contribution < 1.29 is 13.2 Å². The molecular formula is C19H30ClN3O3S. The maximum atomic E-state index is 13.0. The fourth-order valence-electron chi connectivity index (χ4n) is 4.16. The molecule has 1 fully saturated rings. The lowest BCUT2D eigenvalue weighted by Gasteiger charge is -2.36. The van der Waals surface area contributed by atoms with Gasteiger partial charge in [0.15, 0.2) is 0 Å². The number of rotatable bonds is 5. The van der Waals surface area contributed by atoms with Crippen molar-refractivity contribution in [2.45, 2.75) is 49.8 Å². The molecule has 1 aromatic rings. The Hall–Kier alpha value is -1.15. The van der Waals surface area contributed by atoms with E-state index in [9.17, 15) is 13.2 Å². The molecule has 0 radical (unpaired) electrons. The second kappa shape index (κ2) is 8.47. The quantitative estimate of drug-likeness (QED) is 0.800. The Bertz CT molecular complexity index is 789. The molecule has 0 aromatic heterocycles. The number of nitrogens with zero attached hydrogens (tertiary/aromatic N) is 2. The van der Waals surface area contributed by atoms with E-state index >= 15 is 0 Å². The lowest BCUT2D eigenvalue weighted by molar-refractivity contribution is -0.121. The molecule has 1 heterocycles. The van der Waals surface area contributed by atoms with E-state index in [1.54, 1.807) is 17.0 Å². The summed E-state index contributed by atoms with van der Waals surface area (Å²) in [4.78, 5) is 15.0. The van der Waals surface area contributed by atoms with Gasteiger partial charge in [-0.15, -0.1) is 12.4 Å².